The monoisotopic (exact) mass is 230 g/mol. The minimum atomic E-state index is -0.123. The van der Waals surface area contributed by atoms with Crippen molar-refractivity contribution < 1.29 is 4.79 Å². The summed E-state index contributed by atoms with van der Waals surface area (Å²) in [6.45, 7) is 3.74. The summed E-state index contributed by atoms with van der Waals surface area (Å²) in [6.07, 6.45) is 2.05. The number of hydrogen-bond donors (Lipinski definition) is 2. The minimum Gasteiger partial charge on any atom is -0.354 e. The molecule has 1 atom stereocenters. The topological polar surface area (TPSA) is 41.1 Å². The molecule has 17 heavy (non-hydrogen) atoms. The lowest BCUT2D eigenvalue weighted by Crippen LogP contribution is -2.50. The summed E-state index contributed by atoms with van der Waals surface area (Å²) >= 11 is 0. The second kappa shape index (κ2) is 3.57. The van der Waals surface area contributed by atoms with Gasteiger partial charge in [-0.05, 0) is 25.3 Å². The fourth-order valence-electron chi connectivity index (χ4n) is 2.87. The Morgan fingerprint density at radius 1 is 1.29 bits per heavy atom. The molecule has 3 rings (SSSR count). The standard InChI is InChI=1S/C14H18N2O/c1-13(10-15-12(17)14(13)7-8-14)16-9-11-5-3-2-4-6-11/h2-6,16H,7-10H2,1H3,(H,15,17). The van der Waals surface area contributed by atoms with Gasteiger partial charge in [0.25, 0.3) is 0 Å². The fraction of sp³-hybridized carbons (Fsp3) is 0.500. The molecule has 2 aliphatic rings. The molecule has 3 nitrogen and oxygen atoms in total. The molecule has 1 amide bonds. The van der Waals surface area contributed by atoms with Crippen LogP contribution in [0.1, 0.15) is 25.3 Å². The van der Waals surface area contributed by atoms with Gasteiger partial charge in [-0.3, -0.25) is 4.79 Å². The number of carbonyl (C=O) groups excluding carboxylic acids is 1. The average molecular weight is 230 g/mol. The lowest BCUT2D eigenvalue weighted by Gasteiger charge is -2.30. The molecule has 1 aromatic carbocycles. The van der Waals surface area contributed by atoms with E-state index in [4.69, 9.17) is 0 Å². The molecule has 1 spiro atoms. The molecular formula is C14H18N2O. The summed E-state index contributed by atoms with van der Waals surface area (Å²) in [5.41, 5.74) is 1.06. The number of amides is 1. The Hall–Kier alpha value is -1.35. The zero-order chi connectivity index (χ0) is 11.9. The normalized spacial score (nSPS) is 29.4. The van der Waals surface area contributed by atoms with Gasteiger partial charge < -0.3 is 10.6 Å². The summed E-state index contributed by atoms with van der Waals surface area (Å²) < 4.78 is 0. The van der Waals surface area contributed by atoms with Crippen LogP contribution in [0.2, 0.25) is 0 Å². The highest BCUT2D eigenvalue weighted by molar-refractivity contribution is 5.89. The smallest absolute Gasteiger partial charge is 0.228 e. The van der Waals surface area contributed by atoms with Gasteiger partial charge >= 0.3 is 0 Å². The van der Waals surface area contributed by atoms with Gasteiger partial charge in [-0.15, -0.1) is 0 Å². The molecule has 1 unspecified atom stereocenters. The van der Waals surface area contributed by atoms with Crippen molar-refractivity contribution in [1.29, 1.82) is 0 Å². The minimum absolute atomic E-state index is 0.0834. The lowest BCUT2D eigenvalue weighted by atomic mass is 9.85. The van der Waals surface area contributed by atoms with Crippen molar-refractivity contribution in [3.8, 4) is 0 Å². The average Bonchev–Trinajstić information content (AvgIpc) is 3.12. The van der Waals surface area contributed by atoms with E-state index in [0.29, 0.717) is 0 Å². The second-order valence-electron chi connectivity index (χ2n) is 5.44. The third-order valence-electron chi connectivity index (χ3n) is 4.37. The molecule has 0 bridgehead atoms. The summed E-state index contributed by atoms with van der Waals surface area (Å²) in [5, 5.41) is 6.57. The van der Waals surface area contributed by atoms with E-state index in [1.54, 1.807) is 0 Å². The maximum atomic E-state index is 11.8. The molecule has 90 valence electrons. The molecule has 2 fully saturated rings. The zero-order valence-electron chi connectivity index (χ0n) is 10.1. The summed E-state index contributed by atoms with van der Waals surface area (Å²) in [4.78, 5) is 11.8. The van der Waals surface area contributed by atoms with Gasteiger partial charge in [-0.2, -0.15) is 0 Å². The first-order chi connectivity index (χ1) is 8.16. The first kappa shape index (κ1) is 10.8. The van der Waals surface area contributed by atoms with E-state index < -0.39 is 0 Å². The number of rotatable bonds is 3. The Balaban J connectivity index is 1.71. The van der Waals surface area contributed by atoms with Crippen molar-refractivity contribution in [2.75, 3.05) is 6.54 Å². The molecule has 1 aromatic rings. The second-order valence-corrected chi connectivity index (χ2v) is 5.44. The van der Waals surface area contributed by atoms with Gasteiger partial charge in [-0.1, -0.05) is 30.3 Å². The molecule has 1 aliphatic heterocycles. The van der Waals surface area contributed by atoms with Gasteiger partial charge in [-0.25, -0.2) is 0 Å². The third-order valence-corrected chi connectivity index (χ3v) is 4.37. The molecule has 2 N–H and O–H groups in total. The van der Waals surface area contributed by atoms with Crippen LogP contribution in [0.3, 0.4) is 0 Å². The van der Waals surface area contributed by atoms with E-state index in [0.717, 1.165) is 25.9 Å². The maximum absolute atomic E-state index is 11.8. The largest absolute Gasteiger partial charge is 0.354 e. The van der Waals surface area contributed by atoms with Crippen LogP contribution in [0.4, 0.5) is 0 Å². The van der Waals surface area contributed by atoms with Crippen molar-refractivity contribution in [2.24, 2.45) is 5.41 Å². The van der Waals surface area contributed by atoms with E-state index in [1.807, 2.05) is 18.2 Å². The molecule has 0 radical (unpaired) electrons. The van der Waals surface area contributed by atoms with Crippen LogP contribution in [-0.2, 0) is 11.3 Å². The van der Waals surface area contributed by atoms with E-state index in [2.05, 4.69) is 29.7 Å². The van der Waals surface area contributed by atoms with Crippen molar-refractivity contribution in [3.63, 3.8) is 0 Å². The SMILES string of the molecule is CC1(NCc2ccccc2)CNC(=O)C12CC2. The Kier molecular flexibility index (Phi) is 2.26. The summed E-state index contributed by atoms with van der Waals surface area (Å²) in [5.74, 6) is 0.237. The van der Waals surface area contributed by atoms with Crippen LogP contribution in [0, 0.1) is 5.41 Å². The summed E-state index contributed by atoms with van der Waals surface area (Å²) in [6, 6.07) is 10.3. The lowest BCUT2D eigenvalue weighted by molar-refractivity contribution is -0.124. The highest BCUT2D eigenvalue weighted by Crippen LogP contribution is 2.56. The van der Waals surface area contributed by atoms with E-state index >= 15 is 0 Å². The maximum Gasteiger partial charge on any atom is 0.228 e. The Labute approximate surface area is 102 Å². The van der Waals surface area contributed by atoms with Gasteiger partial charge in [0.2, 0.25) is 5.91 Å². The van der Waals surface area contributed by atoms with Gasteiger partial charge in [0, 0.05) is 18.6 Å². The molecule has 1 saturated carbocycles. The third kappa shape index (κ3) is 1.57. The molecule has 0 aromatic heterocycles. The van der Waals surface area contributed by atoms with Crippen LogP contribution >= 0.6 is 0 Å². The quantitative estimate of drug-likeness (QED) is 0.825. The highest BCUT2D eigenvalue weighted by Gasteiger charge is 2.65. The fourth-order valence-corrected chi connectivity index (χ4v) is 2.87. The van der Waals surface area contributed by atoms with Gasteiger partial charge in [0.15, 0.2) is 0 Å². The Morgan fingerprint density at radius 2 is 2.00 bits per heavy atom. The van der Waals surface area contributed by atoms with Gasteiger partial charge in [0.1, 0.15) is 0 Å². The molecule has 1 aliphatic carbocycles. The van der Waals surface area contributed by atoms with E-state index in [-0.39, 0.29) is 16.9 Å². The van der Waals surface area contributed by atoms with E-state index in [9.17, 15) is 4.79 Å². The van der Waals surface area contributed by atoms with Crippen LogP contribution in [0.5, 0.6) is 0 Å². The zero-order valence-corrected chi connectivity index (χ0v) is 10.1. The van der Waals surface area contributed by atoms with Crippen molar-refractivity contribution in [3.05, 3.63) is 35.9 Å². The Morgan fingerprint density at radius 3 is 2.65 bits per heavy atom. The van der Waals surface area contributed by atoms with Crippen molar-refractivity contribution >= 4 is 5.91 Å². The summed E-state index contributed by atoms with van der Waals surface area (Å²) in [7, 11) is 0. The number of carbonyl (C=O) groups is 1. The molecule has 1 heterocycles. The van der Waals surface area contributed by atoms with E-state index in [1.165, 1.54) is 5.56 Å². The number of nitrogens with one attached hydrogen (secondary N) is 2. The molecular weight excluding hydrogens is 212 g/mol. The highest BCUT2D eigenvalue weighted by atomic mass is 16.2. The van der Waals surface area contributed by atoms with Crippen molar-refractivity contribution in [2.45, 2.75) is 31.8 Å². The molecule has 3 heteroatoms. The predicted octanol–water partition coefficient (Wildman–Crippen LogP) is 1.44. The van der Waals surface area contributed by atoms with Crippen LogP contribution in [0.15, 0.2) is 30.3 Å². The molecule has 1 saturated heterocycles. The van der Waals surface area contributed by atoms with Crippen molar-refractivity contribution in [1.82, 2.24) is 10.6 Å². The van der Waals surface area contributed by atoms with Crippen LogP contribution in [-0.4, -0.2) is 18.0 Å². The predicted molar refractivity (Wildman–Crippen MR) is 66.4 cm³/mol. The number of benzene rings is 1. The Bertz CT molecular complexity index is 439. The van der Waals surface area contributed by atoms with Crippen LogP contribution < -0.4 is 10.6 Å². The number of hydrogen-bond acceptors (Lipinski definition) is 2. The van der Waals surface area contributed by atoms with Gasteiger partial charge in [0.05, 0.1) is 5.41 Å². The first-order valence-electron chi connectivity index (χ1n) is 6.24. The first-order valence-corrected chi connectivity index (χ1v) is 6.24. The van der Waals surface area contributed by atoms with Crippen LogP contribution in [0.25, 0.3) is 0 Å².